The Morgan fingerprint density at radius 2 is 2.25 bits per heavy atom. The second kappa shape index (κ2) is 4.52. The van der Waals surface area contributed by atoms with E-state index >= 15 is 0 Å². The van der Waals surface area contributed by atoms with Crippen molar-refractivity contribution < 1.29 is 0 Å². The van der Waals surface area contributed by atoms with E-state index in [1.54, 1.807) is 0 Å². The van der Waals surface area contributed by atoms with E-state index in [0.717, 1.165) is 5.25 Å². The fourth-order valence-corrected chi connectivity index (χ4v) is 3.33. The molecule has 0 aromatic carbocycles. The molecule has 72 valence electrons. The lowest BCUT2D eigenvalue weighted by molar-refractivity contribution is 0.436. The molecule has 0 bridgehead atoms. The zero-order valence-electron chi connectivity index (χ0n) is 8.52. The van der Waals surface area contributed by atoms with Crippen molar-refractivity contribution in [2.24, 2.45) is 0 Å². The molecule has 0 aliphatic carbocycles. The van der Waals surface area contributed by atoms with E-state index in [0.29, 0.717) is 4.87 Å². The number of hydrogen-bond donors (Lipinski definition) is 1. The minimum Gasteiger partial charge on any atom is -0.302 e. The molecule has 1 aliphatic heterocycles. The molecule has 12 heavy (non-hydrogen) atoms. The van der Waals surface area contributed by atoms with Crippen LogP contribution in [-0.4, -0.2) is 16.7 Å². The van der Waals surface area contributed by atoms with Crippen molar-refractivity contribution in [2.45, 2.75) is 56.6 Å². The number of nitrogens with one attached hydrogen (secondary N) is 1. The zero-order valence-corrected chi connectivity index (χ0v) is 9.34. The van der Waals surface area contributed by atoms with Gasteiger partial charge in [0.05, 0.1) is 4.87 Å². The van der Waals surface area contributed by atoms with Crippen LogP contribution in [0.15, 0.2) is 0 Å². The summed E-state index contributed by atoms with van der Waals surface area (Å²) in [6, 6.07) is 0. The molecule has 0 aromatic heterocycles. The second-order valence-electron chi connectivity index (χ2n) is 3.76. The van der Waals surface area contributed by atoms with Gasteiger partial charge in [-0.15, -0.1) is 11.8 Å². The quantitative estimate of drug-likeness (QED) is 0.726. The van der Waals surface area contributed by atoms with E-state index in [1.165, 1.54) is 32.2 Å². The summed E-state index contributed by atoms with van der Waals surface area (Å²) in [5.74, 6) is 0. The van der Waals surface area contributed by atoms with Crippen LogP contribution < -0.4 is 5.32 Å². The summed E-state index contributed by atoms with van der Waals surface area (Å²) in [6.45, 7) is 8.09. The van der Waals surface area contributed by atoms with Crippen molar-refractivity contribution >= 4 is 11.8 Å². The topological polar surface area (TPSA) is 12.0 Å². The van der Waals surface area contributed by atoms with Gasteiger partial charge < -0.3 is 5.32 Å². The molecule has 0 aromatic rings. The molecule has 1 saturated heterocycles. The normalized spacial score (nSPS) is 35.8. The van der Waals surface area contributed by atoms with E-state index in [2.05, 4.69) is 37.8 Å². The highest BCUT2D eigenvalue weighted by molar-refractivity contribution is 8.01. The third-order valence-corrected chi connectivity index (χ3v) is 4.30. The van der Waals surface area contributed by atoms with Crippen molar-refractivity contribution in [3.05, 3.63) is 0 Å². The smallest absolute Gasteiger partial charge is 0.0646 e. The Balaban J connectivity index is 2.41. The molecule has 1 fully saturated rings. The third-order valence-electron chi connectivity index (χ3n) is 2.64. The average molecular weight is 187 g/mol. The van der Waals surface area contributed by atoms with Gasteiger partial charge in [-0.3, -0.25) is 0 Å². The van der Waals surface area contributed by atoms with Gasteiger partial charge in [0.2, 0.25) is 0 Å². The Kier molecular flexibility index (Phi) is 3.91. The van der Waals surface area contributed by atoms with Gasteiger partial charge >= 0.3 is 0 Å². The molecule has 0 amide bonds. The van der Waals surface area contributed by atoms with Gasteiger partial charge in [0.15, 0.2) is 0 Å². The minimum absolute atomic E-state index is 0.426. The Hall–Kier alpha value is 0.310. The van der Waals surface area contributed by atoms with Crippen molar-refractivity contribution in [3.63, 3.8) is 0 Å². The first-order valence-electron chi connectivity index (χ1n) is 5.15. The van der Waals surface area contributed by atoms with Crippen LogP contribution in [0.4, 0.5) is 0 Å². The first kappa shape index (κ1) is 10.4. The fourth-order valence-electron chi connectivity index (χ4n) is 1.79. The van der Waals surface area contributed by atoms with Crippen molar-refractivity contribution in [2.75, 3.05) is 6.54 Å². The van der Waals surface area contributed by atoms with Crippen LogP contribution in [-0.2, 0) is 0 Å². The van der Waals surface area contributed by atoms with Gasteiger partial charge in [-0.2, -0.15) is 0 Å². The molecule has 1 heterocycles. The molecule has 1 rings (SSSR count). The van der Waals surface area contributed by atoms with Crippen LogP contribution in [0.5, 0.6) is 0 Å². The lowest BCUT2D eigenvalue weighted by Crippen LogP contribution is -2.36. The summed E-state index contributed by atoms with van der Waals surface area (Å²) >= 11 is 2.14. The van der Waals surface area contributed by atoms with Gasteiger partial charge in [0, 0.05) is 11.8 Å². The molecule has 2 unspecified atom stereocenters. The highest BCUT2D eigenvalue weighted by Crippen LogP contribution is 2.38. The maximum atomic E-state index is 3.67. The Labute approximate surface area is 80.7 Å². The molecule has 2 heteroatoms. The molecular weight excluding hydrogens is 166 g/mol. The lowest BCUT2D eigenvalue weighted by Gasteiger charge is -2.27. The van der Waals surface area contributed by atoms with Crippen molar-refractivity contribution in [3.8, 4) is 0 Å². The fraction of sp³-hybridized carbons (Fsp3) is 1.00. The third kappa shape index (κ3) is 2.40. The molecule has 0 spiro atoms. The summed E-state index contributed by atoms with van der Waals surface area (Å²) < 4.78 is 0. The first-order chi connectivity index (χ1) is 5.72. The van der Waals surface area contributed by atoms with E-state index in [1.807, 2.05) is 0 Å². The van der Waals surface area contributed by atoms with E-state index < -0.39 is 0 Å². The highest BCUT2D eigenvalue weighted by atomic mass is 32.2. The van der Waals surface area contributed by atoms with Crippen LogP contribution in [0, 0.1) is 0 Å². The summed E-state index contributed by atoms with van der Waals surface area (Å²) in [6.07, 6.45) is 5.29. The predicted molar refractivity (Wildman–Crippen MR) is 57.6 cm³/mol. The van der Waals surface area contributed by atoms with Crippen LogP contribution in [0.1, 0.15) is 46.5 Å². The molecule has 0 saturated carbocycles. The molecule has 1 aliphatic rings. The van der Waals surface area contributed by atoms with Gasteiger partial charge in [0.1, 0.15) is 0 Å². The maximum absolute atomic E-state index is 3.67. The van der Waals surface area contributed by atoms with Crippen LogP contribution in [0.25, 0.3) is 0 Å². The van der Waals surface area contributed by atoms with Gasteiger partial charge in [0.25, 0.3) is 0 Å². The molecule has 1 N–H and O–H groups in total. The number of rotatable bonds is 4. The second-order valence-corrected chi connectivity index (χ2v) is 5.58. The van der Waals surface area contributed by atoms with E-state index in [9.17, 15) is 0 Å². The van der Waals surface area contributed by atoms with Crippen LogP contribution in [0.2, 0.25) is 0 Å². The van der Waals surface area contributed by atoms with Gasteiger partial charge in [-0.25, -0.2) is 0 Å². The summed E-state index contributed by atoms with van der Waals surface area (Å²) in [4.78, 5) is 0.426. The van der Waals surface area contributed by atoms with E-state index in [4.69, 9.17) is 0 Å². The standard InChI is InChI=1S/C10H21NS/c1-4-6-7-10(5-2)11-8-9(3)12-10/h9,11H,4-8H2,1-3H3. The first-order valence-corrected chi connectivity index (χ1v) is 6.03. The van der Waals surface area contributed by atoms with Crippen LogP contribution >= 0.6 is 11.8 Å². The summed E-state index contributed by atoms with van der Waals surface area (Å²) in [5, 5.41) is 4.47. The Bertz CT molecular complexity index is 138. The maximum Gasteiger partial charge on any atom is 0.0646 e. The largest absolute Gasteiger partial charge is 0.302 e. The average Bonchev–Trinajstić information content (AvgIpc) is 2.45. The van der Waals surface area contributed by atoms with Crippen molar-refractivity contribution in [1.29, 1.82) is 0 Å². The summed E-state index contributed by atoms with van der Waals surface area (Å²) in [7, 11) is 0. The van der Waals surface area contributed by atoms with Crippen molar-refractivity contribution in [1.82, 2.24) is 5.32 Å². The minimum atomic E-state index is 0.426. The van der Waals surface area contributed by atoms with Gasteiger partial charge in [-0.05, 0) is 12.8 Å². The predicted octanol–water partition coefficient (Wildman–Crippen LogP) is 3.01. The molecular formula is C10H21NS. The zero-order chi connectivity index (χ0) is 9.03. The molecule has 0 radical (unpaired) electrons. The monoisotopic (exact) mass is 187 g/mol. The number of unbranched alkanes of at least 4 members (excludes halogenated alkanes) is 1. The van der Waals surface area contributed by atoms with Gasteiger partial charge in [-0.1, -0.05) is 33.6 Å². The number of thioether (sulfide) groups is 1. The summed E-state index contributed by atoms with van der Waals surface area (Å²) in [5.41, 5.74) is 0. The SMILES string of the molecule is CCCCC1(CC)NCC(C)S1. The molecule has 2 atom stereocenters. The molecule has 1 nitrogen and oxygen atoms in total. The Morgan fingerprint density at radius 3 is 2.67 bits per heavy atom. The van der Waals surface area contributed by atoms with E-state index in [-0.39, 0.29) is 0 Å². The number of hydrogen-bond acceptors (Lipinski definition) is 2. The highest BCUT2D eigenvalue weighted by Gasteiger charge is 2.35. The van der Waals surface area contributed by atoms with Crippen LogP contribution in [0.3, 0.4) is 0 Å². The Morgan fingerprint density at radius 1 is 1.50 bits per heavy atom. The lowest BCUT2D eigenvalue weighted by atomic mass is 10.1.